The van der Waals surface area contributed by atoms with Crippen molar-refractivity contribution in [2.24, 2.45) is 0 Å². The fourth-order valence-corrected chi connectivity index (χ4v) is 2.21. The van der Waals surface area contributed by atoms with E-state index in [0.29, 0.717) is 11.4 Å². The second kappa shape index (κ2) is 9.86. The molecule has 0 spiro atoms. The van der Waals surface area contributed by atoms with Crippen LogP contribution < -0.4 is 15.4 Å². The van der Waals surface area contributed by atoms with Crippen LogP contribution in [0.4, 0.5) is 17.2 Å². The molecule has 2 N–H and O–H groups in total. The molecular weight excluding hydrogens is 368 g/mol. The Hall–Kier alpha value is -3.69. The van der Waals surface area contributed by atoms with Gasteiger partial charge in [0.25, 0.3) is 0 Å². The molecule has 1 heterocycles. The third-order valence-corrected chi connectivity index (χ3v) is 3.37. The Morgan fingerprint density at radius 2 is 1.89 bits per heavy atom. The van der Waals surface area contributed by atoms with Crippen LogP contribution in [0.5, 0.6) is 11.6 Å². The van der Waals surface area contributed by atoms with Crippen LogP contribution in [-0.4, -0.2) is 34.9 Å². The highest BCUT2D eigenvalue weighted by molar-refractivity contribution is 5.88. The Balaban J connectivity index is 2.09. The number of pyridine rings is 1. The lowest BCUT2D eigenvalue weighted by molar-refractivity contribution is -0.384. The molecule has 0 radical (unpaired) electrons. The van der Waals surface area contributed by atoms with Crippen LogP contribution in [0, 0.1) is 10.1 Å². The van der Waals surface area contributed by atoms with Crippen LogP contribution in [-0.2, 0) is 14.3 Å². The first kappa shape index (κ1) is 20.6. The van der Waals surface area contributed by atoms with Crippen molar-refractivity contribution in [3.8, 4) is 11.6 Å². The summed E-state index contributed by atoms with van der Waals surface area (Å²) in [6.07, 6.45) is 0.0440. The second-order valence-electron chi connectivity index (χ2n) is 5.56. The summed E-state index contributed by atoms with van der Waals surface area (Å²) < 4.78 is 10.4. The lowest BCUT2D eigenvalue weighted by atomic mass is 10.3. The predicted molar refractivity (Wildman–Crippen MR) is 101 cm³/mol. The number of nitrogens with one attached hydrogen (secondary N) is 2. The molecule has 0 aliphatic rings. The minimum atomic E-state index is -0.578. The molecule has 1 aromatic heterocycles. The molecule has 0 saturated heterocycles. The van der Waals surface area contributed by atoms with Crippen LogP contribution in [0.3, 0.4) is 0 Å². The van der Waals surface area contributed by atoms with Crippen molar-refractivity contribution in [2.75, 3.05) is 23.8 Å². The topological polar surface area (TPSA) is 133 Å². The first-order valence-corrected chi connectivity index (χ1v) is 8.49. The van der Waals surface area contributed by atoms with Gasteiger partial charge in [-0.1, -0.05) is 0 Å². The van der Waals surface area contributed by atoms with Crippen molar-refractivity contribution in [2.45, 2.75) is 20.3 Å². The number of hydrogen-bond donors (Lipinski definition) is 2. The molecule has 0 aliphatic carbocycles. The molecule has 0 atom stereocenters. The second-order valence-corrected chi connectivity index (χ2v) is 5.56. The number of nitrogens with zero attached hydrogens (tertiary/aromatic N) is 2. The van der Waals surface area contributed by atoms with Gasteiger partial charge in [-0.25, -0.2) is 0 Å². The minimum Gasteiger partial charge on any atom is -0.466 e. The van der Waals surface area contributed by atoms with Crippen LogP contribution in [0.2, 0.25) is 0 Å². The number of amides is 1. The number of carbonyl (C=O) groups excluding carboxylic acids is 2. The van der Waals surface area contributed by atoms with Crippen LogP contribution in [0.25, 0.3) is 0 Å². The zero-order chi connectivity index (χ0) is 20.5. The van der Waals surface area contributed by atoms with E-state index in [9.17, 15) is 19.7 Å². The third-order valence-electron chi connectivity index (χ3n) is 3.37. The molecule has 0 saturated carbocycles. The van der Waals surface area contributed by atoms with Crippen LogP contribution in [0.1, 0.15) is 20.3 Å². The van der Waals surface area contributed by atoms with E-state index in [0.717, 1.165) is 0 Å². The van der Waals surface area contributed by atoms with Gasteiger partial charge in [-0.05, 0) is 31.2 Å². The number of carbonyl (C=O) groups is 2. The van der Waals surface area contributed by atoms with Crippen molar-refractivity contribution >= 4 is 29.1 Å². The summed E-state index contributed by atoms with van der Waals surface area (Å²) in [7, 11) is 0. The number of hydrogen-bond acceptors (Lipinski definition) is 8. The number of nitro groups is 1. The first-order valence-electron chi connectivity index (χ1n) is 8.49. The van der Waals surface area contributed by atoms with E-state index in [4.69, 9.17) is 9.47 Å². The maximum absolute atomic E-state index is 11.4. The highest BCUT2D eigenvalue weighted by Gasteiger charge is 2.17. The molecule has 2 aromatic rings. The quantitative estimate of drug-likeness (QED) is 0.380. The highest BCUT2D eigenvalue weighted by Crippen LogP contribution is 2.28. The van der Waals surface area contributed by atoms with E-state index < -0.39 is 10.9 Å². The highest BCUT2D eigenvalue weighted by atomic mass is 16.6. The van der Waals surface area contributed by atoms with Crippen LogP contribution in [0.15, 0.2) is 36.4 Å². The number of anilines is 2. The number of rotatable bonds is 9. The summed E-state index contributed by atoms with van der Waals surface area (Å²) in [6.45, 7) is 3.49. The Kier molecular flexibility index (Phi) is 7.26. The van der Waals surface area contributed by atoms with E-state index in [1.807, 2.05) is 0 Å². The molecule has 0 unspecified atom stereocenters. The van der Waals surface area contributed by atoms with Crippen LogP contribution >= 0.6 is 0 Å². The van der Waals surface area contributed by atoms with Gasteiger partial charge >= 0.3 is 11.7 Å². The Morgan fingerprint density at radius 3 is 2.50 bits per heavy atom. The lowest BCUT2D eigenvalue weighted by Crippen LogP contribution is -2.13. The maximum atomic E-state index is 11.4. The molecule has 0 aliphatic heterocycles. The standard InChI is InChI=1S/C18H20N4O6/c1-3-27-17(24)10-11-19-18-15(22(25)26)8-9-16(21-18)28-14-6-4-13(5-7-14)20-12(2)23/h4-9H,3,10-11H2,1-2H3,(H,19,21)(H,20,23). The first-order chi connectivity index (χ1) is 13.4. The summed E-state index contributed by atoms with van der Waals surface area (Å²) in [5.74, 6) is -0.0420. The summed E-state index contributed by atoms with van der Waals surface area (Å²) in [4.78, 5) is 37.1. The van der Waals surface area contributed by atoms with Gasteiger partial charge < -0.3 is 20.1 Å². The Labute approximate surface area is 161 Å². The van der Waals surface area contributed by atoms with E-state index >= 15 is 0 Å². The van der Waals surface area contributed by atoms with Gasteiger partial charge in [0.05, 0.1) is 18.0 Å². The van der Waals surface area contributed by atoms with Gasteiger partial charge in [-0.2, -0.15) is 4.98 Å². The van der Waals surface area contributed by atoms with Crippen molar-refractivity contribution in [3.05, 3.63) is 46.5 Å². The molecule has 10 heteroatoms. The summed E-state index contributed by atoms with van der Waals surface area (Å²) in [5.41, 5.74) is 0.370. The van der Waals surface area contributed by atoms with Gasteiger partial charge in [-0.15, -0.1) is 0 Å². The Bertz CT molecular complexity index is 854. The van der Waals surface area contributed by atoms with Crippen molar-refractivity contribution in [1.29, 1.82) is 0 Å². The van der Waals surface area contributed by atoms with E-state index in [1.54, 1.807) is 31.2 Å². The summed E-state index contributed by atoms with van der Waals surface area (Å²) >= 11 is 0. The van der Waals surface area contributed by atoms with Crippen molar-refractivity contribution < 1.29 is 24.0 Å². The predicted octanol–water partition coefficient (Wildman–Crippen LogP) is 3.11. The van der Waals surface area contributed by atoms with Gasteiger partial charge in [0.15, 0.2) is 0 Å². The SMILES string of the molecule is CCOC(=O)CCNc1nc(Oc2ccc(NC(C)=O)cc2)ccc1[N+](=O)[O-]. The van der Waals surface area contributed by atoms with Gasteiger partial charge in [0.1, 0.15) is 5.75 Å². The fraction of sp³-hybridized carbons (Fsp3) is 0.278. The monoisotopic (exact) mass is 388 g/mol. The molecular formula is C18H20N4O6. The Morgan fingerprint density at radius 1 is 1.18 bits per heavy atom. The molecule has 0 fully saturated rings. The zero-order valence-corrected chi connectivity index (χ0v) is 15.4. The number of ether oxygens (including phenoxy) is 2. The molecule has 1 aromatic carbocycles. The lowest BCUT2D eigenvalue weighted by Gasteiger charge is -2.10. The summed E-state index contributed by atoms with van der Waals surface area (Å²) in [5, 5.41) is 16.6. The number of benzene rings is 1. The largest absolute Gasteiger partial charge is 0.466 e. The third kappa shape index (κ3) is 6.24. The zero-order valence-electron chi connectivity index (χ0n) is 15.4. The normalized spacial score (nSPS) is 10.1. The number of aromatic nitrogens is 1. The van der Waals surface area contributed by atoms with Gasteiger partial charge in [0, 0.05) is 31.3 Å². The van der Waals surface area contributed by atoms with Crippen molar-refractivity contribution in [1.82, 2.24) is 4.98 Å². The maximum Gasteiger partial charge on any atom is 0.311 e. The molecule has 0 bridgehead atoms. The van der Waals surface area contributed by atoms with Gasteiger partial charge in [0.2, 0.25) is 17.6 Å². The van der Waals surface area contributed by atoms with E-state index in [-0.39, 0.29) is 42.9 Å². The molecule has 10 nitrogen and oxygen atoms in total. The minimum absolute atomic E-state index is 0.0123. The van der Waals surface area contributed by atoms with Gasteiger partial charge in [-0.3, -0.25) is 19.7 Å². The molecule has 28 heavy (non-hydrogen) atoms. The van der Waals surface area contributed by atoms with Crippen molar-refractivity contribution in [3.63, 3.8) is 0 Å². The van der Waals surface area contributed by atoms with E-state index in [1.165, 1.54) is 19.1 Å². The average Bonchev–Trinajstić information content (AvgIpc) is 2.63. The molecule has 1 amide bonds. The summed E-state index contributed by atoms with van der Waals surface area (Å²) in [6, 6.07) is 9.20. The fourth-order valence-electron chi connectivity index (χ4n) is 2.21. The van der Waals surface area contributed by atoms with E-state index in [2.05, 4.69) is 15.6 Å². The smallest absolute Gasteiger partial charge is 0.311 e. The average molecular weight is 388 g/mol. The molecule has 2 rings (SSSR count). The molecule has 148 valence electrons. The number of esters is 1.